The Balaban J connectivity index is 3.02. The SMILES string of the molecule is [Ge][C](Br)(Br)Br. The summed E-state index contributed by atoms with van der Waals surface area (Å²) in [5.41, 5.74) is 0. The molecule has 0 unspecified atom stereocenters. The number of halogens is 3. The molecule has 0 atom stereocenters. The van der Waals surface area contributed by atoms with E-state index in [1.807, 2.05) is 16.5 Å². The summed E-state index contributed by atoms with van der Waals surface area (Å²) in [6.45, 7) is 0. The molecule has 0 aromatic rings. The second-order valence-corrected chi connectivity index (χ2v) is 13.4. The Morgan fingerprint density at radius 1 is 1.20 bits per heavy atom. The summed E-state index contributed by atoms with van der Waals surface area (Å²) in [4.78, 5) is 0. The van der Waals surface area contributed by atoms with Crippen molar-refractivity contribution in [3.05, 3.63) is 0 Å². The van der Waals surface area contributed by atoms with Gasteiger partial charge in [0.15, 0.2) is 0 Å². The summed E-state index contributed by atoms with van der Waals surface area (Å²) in [6, 6.07) is 0. The molecule has 3 radical (unpaired) electrons. The third-order valence-electron chi connectivity index (χ3n) is 0. The van der Waals surface area contributed by atoms with Crippen LogP contribution in [0.4, 0.5) is 0 Å². The van der Waals surface area contributed by atoms with Crippen molar-refractivity contribution in [2.24, 2.45) is 0 Å². The van der Waals surface area contributed by atoms with Crippen LogP contribution in [0, 0.1) is 0 Å². The molecule has 0 fully saturated rings. The fraction of sp³-hybridized carbons (Fsp3) is 1.00. The van der Waals surface area contributed by atoms with E-state index < -0.39 is 0 Å². The average molecular weight is 324 g/mol. The van der Waals surface area contributed by atoms with E-state index in [-0.39, 0.29) is 0.975 Å². The van der Waals surface area contributed by atoms with Gasteiger partial charge >= 0.3 is 65.3 Å². The van der Waals surface area contributed by atoms with E-state index in [1.165, 1.54) is 0 Å². The third kappa shape index (κ3) is 24.1. The van der Waals surface area contributed by atoms with Gasteiger partial charge in [0.2, 0.25) is 0 Å². The van der Waals surface area contributed by atoms with E-state index >= 15 is 0 Å². The first-order chi connectivity index (χ1) is 2.00. The third-order valence-corrected chi connectivity index (χ3v) is 0. The Kier molecular flexibility index (Phi) is 3.26. The number of alkyl halides is 3. The van der Waals surface area contributed by atoms with Gasteiger partial charge in [-0.25, -0.2) is 0 Å². The first-order valence-corrected chi connectivity index (χ1v) is 4.24. The van der Waals surface area contributed by atoms with Crippen molar-refractivity contribution in [2.45, 2.75) is 0.975 Å². The standard InChI is InChI=1S/CBr3Ge/c2-1(3,4)5. The summed E-state index contributed by atoms with van der Waals surface area (Å²) in [5.74, 6) is 0. The van der Waals surface area contributed by atoms with Crippen molar-refractivity contribution in [1.82, 2.24) is 0 Å². The van der Waals surface area contributed by atoms with Gasteiger partial charge in [-0.3, -0.25) is 0 Å². The average Bonchev–Trinajstić information content (AvgIpc) is 0.722. The van der Waals surface area contributed by atoms with Gasteiger partial charge in [-0.2, -0.15) is 0 Å². The quantitative estimate of drug-likeness (QED) is 0.472. The molecule has 0 rings (SSSR count). The Labute approximate surface area is 64.7 Å². The molecule has 29 valence electrons. The molecule has 0 amide bonds. The molecule has 0 aliphatic rings. The maximum absolute atomic E-state index is 3.21. The van der Waals surface area contributed by atoms with Gasteiger partial charge in [0.05, 0.1) is 0 Å². The van der Waals surface area contributed by atoms with Gasteiger partial charge in [-0.1, -0.05) is 0 Å². The molecular formula is CBr3Ge. The normalized spacial score (nSPS) is 12.0. The van der Waals surface area contributed by atoms with Crippen LogP contribution in [-0.4, -0.2) is 17.5 Å². The molecule has 0 N–H and O–H groups in total. The Hall–Kier alpha value is 1.98. The van der Waals surface area contributed by atoms with Gasteiger partial charge in [0.1, 0.15) is 0 Å². The molecule has 0 saturated heterocycles. The zero-order valence-corrected chi connectivity index (χ0v) is 8.99. The molecule has 0 aromatic carbocycles. The van der Waals surface area contributed by atoms with E-state index in [4.69, 9.17) is 0 Å². The number of hydrogen-bond donors (Lipinski definition) is 0. The van der Waals surface area contributed by atoms with Gasteiger partial charge < -0.3 is 0 Å². The molecule has 4 heteroatoms. The summed E-state index contributed by atoms with van der Waals surface area (Å²) in [7, 11) is 0. The second kappa shape index (κ2) is 2.33. The van der Waals surface area contributed by atoms with Crippen LogP contribution in [0.25, 0.3) is 0 Å². The van der Waals surface area contributed by atoms with Crippen LogP contribution < -0.4 is 0 Å². The predicted molar refractivity (Wildman–Crippen MR) is 35.3 cm³/mol. The second-order valence-electron chi connectivity index (χ2n) is 0.498. The Morgan fingerprint density at radius 3 is 1.20 bits per heavy atom. The summed E-state index contributed by atoms with van der Waals surface area (Å²) >= 11 is 11.6. The van der Waals surface area contributed by atoms with Crippen molar-refractivity contribution < 1.29 is 0 Å². The van der Waals surface area contributed by atoms with Crippen molar-refractivity contribution in [3.63, 3.8) is 0 Å². The van der Waals surface area contributed by atoms with Crippen LogP contribution in [-0.2, 0) is 0 Å². The molecule has 0 nitrogen and oxygen atoms in total. The summed E-state index contributed by atoms with van der Waals surface area (Å²) in [6.07, 6.45) is 0. The fourth-order valence-corrected chi connectivity index (χ4v) is 0. The van der Waals surface area contributed by atoms with Gasteiger partial charge in [-0.05, 0) is 0 Å². The monoisotopic (exact) mass is 323 g/mol. The van der Waals surface area contributed by atoms with Crippen molar-refractivity contribution in [3.8, 4) is 0 Å². The summed E-state index contributed by atoms with van der Waals surface area (Å²) in [5, 5.41) is 0. The van der Waals surface area contributed by atoms with E-state index in [0.717, 1.165) is 0 Å². The van der Waals surface area contributed by atoms with Gasteiger partial charge in [0.25, 0.3) is 0 Å². The van der Waals surface area contributed by atoms with Crippen LogP contribution >= 0.6 is 47.8 Å². The minimum absolute atomic E-state index is 0.0625. The molecule has 0 aliphatic heterocycles. The van der Waals surface area contributed by atoms with Crippen molar-refractivity contribution in [1.29, 1.82) is 0 Å². The zero-order chi connectivity index (χ0) is 4.50. The molecule has 0 aromatic heterocycles. The van der Waals surface area contributed by atoms with Crippen molar-refractivity contribution >= 4 is 64.3 Å². The molecule has 5 heavy (non-hydrogen) atoms. The van der Waals surface area contributed by atoms with Crippen molar-refractivity contribution in [2.75, 3.05) is 0 Å². The molecule has 0 bridgehead atoms. The molecule has 0 heterocycles. The zero-order valence-electron chi connectivity index (χ0n) is 2.13. The van der Waals surface area contributed by atoms with Gasteiger partial charge in [0, 0.05) is 0 Å². The van der Waals surface area contributed by atoms with E-state index in [1.54, 1.807) is 0 Å². The van der Waals surface area contributed by atoms with Crippen LogP contribution in [0.1, 0.15) is 0 Å². The Bertz CT molecular complexity index is 22.4. The minimum atomic E-state index is -0.0625. The van der Waals surface area contributed by atoms with E-state index in [2.05, 4.69) is 47.8 Å². The van der Waals surface area contributed by atoms with Gasteiger partial charge in [-0.15, -0.1) is 0 Å². The number of rotatable bonds is 0. The summed E-state index contributed by atoms with van der Waals surface area (Å²) < 4.78 is -0.0625. The topological polar surface area (TPSA) is 0 Å². The first-order valence-electron chi connectivity index (χ1n) is 0.817. The molecule has 0 aliphatic carbocycles. The van der Waals surface area contributed by atoms with Crippen LogP contribution in [0.15, 0.2) is 0 Å². The van der Waals surface area contributed by atoms with Crippen LogP contribution in [0.3, 0.4) is 0 Å². The maximum atomic E-state index is 3.21. The number of hydrogen-bond acceptors (Lipinski definition) is 0. The molecule has 0 saturated carbocycles. The van der Waals surface area contributed by atoms with Crippen LogP contribution in [0.2, 0.25) is 0 Å². The Morgan fingerprint density at radius 2 is 1.20 bits per heavy atom. The van der Waals surface area contributed by atoms with E-state index in [0.29, 0.717) is 0 Å². The first kappa shape index (κ1) is 6.98. The fourth-order valence-electron chi connectivity index (χ4n) is 0. The predicted octanol–water partition coefficient (Wildman–Crippen LogP) is 1.95. The van der Waals surface area contributed by atoms with E-state index in [9.17, 15) is 0 Å². The van der Waals surface area contributed by atoms with Crippen LogP contribution in [0.5, 0.6) is 0 Å². The molecular weight excluding hydrogens is 324 g/mol. The molecule has 0 spiro atoms.